The molecular weight excluding hydrogens is 264 g/mol. The highest BCUT2D eigenvalue weighted by Gasteiger charge is 2.13. The van der Waals surface area contributed by atoms with Crippen LogP contribution in [0.3, 0.4) is 0 Å². The van der Waals surface area contributed by atoms with Gasteiger partial charge in [-0.05, 0) is 60.3 Å². The highest BCUT2D eigenvalue weighted by Crippen LogP contribution is 2.32. The first-order valence-electron chi connectivity index (χ1n) is 8.92. The van der Waals surface area contributed by atoms with Gasteiger partial charge in [-0.2, -0.15) is 0 Å². The van der Waals surface area contributed by atoms with Crippen LogP contribution in [0.5, 0.6) is 0 Å². The molecule has 0 spiro atoms. The molecule has 0 radical (unpaired) electrons. The molecule has 0 bridgehead atoms. The second-order valence-corrected chi connectivity index (χ2v) is 6.90. The molecular formula is C22H34. The van der Waals surface area contributed by atoms with E-state index in [2.05, 4.69) is 71.5 Å². The lowest BCUT2D eigenvalue weighted by atomic mass is 9.85. The lowest BCUT2D eigenvalue weighted by Crippen LogP contribution is -2.02. The first-order valence-corrected chi connectivity index (χ1v) is 8.92. The zero-order valence-electron chi connectivity index (χ0n) is 15.3. The summed E-state index contributed by atoms with van der Waals surface area (Å²) in [4.78, 5) is 0. The molecule has 0 heteroatoms. The third-order valence-corrected chi connectivity index (χ3v) is 4.64. The van der Waals surface area contributed by atoms with Crippen molar-refractivity contribution in [2.45, 2.75) is 66.7 Å². The van der Waals surface area contributed by atoms with Gasteiger partial charge in [-0.1, -0.05) is 77.5 Å². The van der Waals surface area contributed by atoms with Gasteiger partial charge in [0, 0.05) is 0 Å². The van der Waals surface area contributed by atoms with E-state index in [1.165, 1.54) is 54.4 Å². The molecule has 0 aliphatic carbocycles. The zero-order valence-corrected chi connectivity index (χ0v) is 15.3. The van der Waals surface area contributed by atoms with Crippen LogP contribution in [0.25, 0.3) is 5.57 Å². The third-order valence-electron chi connectivity index (χ3n) is 4.64. The SMILES string of the molecule is C=C/C(=C(/CCCCC(C)C)c1ccccc1C)C(C)CC. The number of allylic oxidation sites excluding steroid dienone is 3. The van der Waals surface area contributed by atoms with Crippen LogP contribution in [0, 0.1) is 18.8 Å². The molecule has 22 heavy (non-hydrogen) atoms. The zero-order chi connectivity index (χ0) is 16.5. The summed E-state index contributed by atoms with van der Waals surface area (Å²) in [5.74, 6) is 1.39. The highest BCUT2D eigenvalue weighted by atomic mass is 14.2. The minimum Gasteiger partial charge on any atom is -0.0988 e. The largest absolute Gasteiger partial charge is 0.0988 e. The van der Waals surface area contributed by atoms with Crippen LogP contribution in [-0.4, -0.2) is 0 Å². The Kier molecular flexibility index (Phi) is 8.24. The van der Waals surface area contributed by atoms with Crippen molar-refractivity contribution >= 4 is 5.57 Å². The van der Waals surface area contributed by atoms with Crippen LogP contribution >= 0.6 is 0 Å². The number of hydrogen-bond donors (Lipinski definition) is 0. The number of aryl methyl sites for hydroxylation is 1. The predicted molar refractivity (Wildman–Crippen MR) is 101 cm³/mol. The van der Waals surface area contributed by atoms with E-state index in [0.29, 0.717) is 5.92 Å². The smallest absolute Gasteiger partial charge is 0.0190 e. The van der Waals surface area contributed by atoms with Crippen LogP contribution in [0.2, 0.25) is 0 Å². The molecule has 0 fully saturated rings. The average Bonchev–Trinajstić information content (AvgIpc) is 2.50. The summed E-state index contributed by atoms with van der Waals surface area (Å²) >= 11 is 0. The van der Waals surface area contributed by atoms with Gasteiger partial charge >= 0.3 is 0 Å². The van der Waals surface area contributed by atoms with Crippen molar-refractivity contribution in [3.63, 3.8) is 0 Å². The Morgan fingerprint density at radius 3 is 2.36 bits per heavy atom. The Morgan fingerprint density at radius 1 is 1.14 bits per heavy atom. The van der Waals surface area contributed by atoms with Crippen molar-refractivity contribution in [3.8, 4) is 0 Å². The minimum atomic E-state index is 0.581. The molecule has 0 aliphatic rings. The van der Waals surface area contributed by atoms with Gasteiger partial charge in [0.15, 0.2) is 0 Å². The van der Waals surface area contributed by atoms with Crippen molar-refractivity contribution in [1.29, 1.82) is 0 Å². The molecule has 1 aromatic rings. The minimum absolute atomic E-state index is 0.581. The summed E-state index contributed by atoms with van der Waals surface area (Å²) in [6.07, 6.45) is 8.35. The highest BCUT2D eigenvalue weighted by molar-refractivity contribution is 5.73. The first-order chi connectivity index (χ1) is 10.5. The van der Waals surface area contributed by atoms with Gasteiger partial charge in [0.05, 0.1) is 0 Å². The van der Waals surface area contributed by atoms with Gasteiger partial charge in [-0.15, -0.1) is 0 Å². The third kappa shape index (κ3) is 5.48. The van der Waals surface area contributed by atoms with E-state index < -0.39 is 0 Å². The molecule has 0 saturated heterocycles. The Morgan fingerprint density at radius 2 is 1.82 bits per heavy atom. The van der Waals surface area contributed by atoms with Gasteiger partial charge in [0.1, 0.15) is 0 Å². The van der Waals surface area contributed by atoms with E-state index in [0.717, 1.165) is 5.92 Å². The van der Waals surface area contributed by atoms with E-state index in [-0.39, 0.29) is 0 Å². The van der Waals surface area contributed by atoms with Crippen LogP contribution < -0.4 is 0 Å². The molecule has 0 aromatic heterocycles. The molecule has 0 heterocycles. The molecule has 122 valence electrons. The lowest BCUT2D eigenvalue weighted by Gasteiger charge is -2.20. The fourth-order valence-corrected chi connectivity index (χ4v) is 3.04. The average molecular weight is 299 g/mol. The van der Waals surface area contributed by atoms with E-state index in [1.54, 1.807) is 0 Å². The number of benzene rings is 1. The fraction of sp³-hybridized carbons (Fsp3) is 0.545. The molecule has 0 saturated carbocycles. The Bertz CT molecular complexity index is 491. The fourth-order valence-electron chi connectivity index (χ4n) is 3.04. The van der Waals surface area contributed by atoms with Crippen LogP contribution in [-0.2, 0) is 0 Å². The molecule has 1 aromatic carbocycles. The number of unbranched alkanes of at least 4 members (excludes halogenated alkanes) is 1. The van der Waals surface area contributed by atoms with E-state index >= 15 is 0 Å². The Balaban J connectivity index is 3.07. The van der Waals surface area contributed by atoms with Gasteiger partial charge in [0.2, 0.25) is 0 Å². The van der Waals surface area contributed by atoms with Crippen LogP contribution in [0.15, 0.2) is 42.5 Å². The summed E-state index contributed by atoms with van der Waals surface area (Å²) in [6, 6.07) is 8.79. The van der Waals surface area contributed by atoms with Crippen LogP contribution in [0.1, 0.15) is 70.9 Å². The molecule has 0 nitrogen and oxygen atoms in total. The van der Waals surface area contributed by atoms with Gasteiger partial charge < -0.3 is 0 Å². The maximum atomic E-state index is 4.10. The maximum absolute atomic E-state index is 4.10. The van der Waals surface area contributed by atoms with Crippen molar-refractivity contribution in [2.24, 2.45) is 11.8 Å². The molecule has 0 aliphatic heterocycles. The Hall–Kier alpha value is -1.30. The summed E-state index contributed by atoms with van der Waals surface area (Å²) < 4.78 is 0. The van der Waals surface area contributed by atoms with Gasteiger partial charge in [0.25, 0.3) is 0 Å². The number of rotatable bonds is 9. The monoisotopic (exact) mass is 298 g/mol. The number of hydrogen-bond acceptors (Lipinski definition) is 0. The van der Waals surface area contributed by atoms with Crippen LogP contribution in [0.4, 0.5) is 0 Å². The second kappa shape index (κ2) is 9.66. The predicted octanol–water partition coefficient (Wildman–Crippen LogP) is 7.20. The topological polar surface area (TPSA) is 0 Å². The summed E-state index contributed by atoms with van der Waals surface area (Å²) in [6.45, 7) is 15.5. The first kappa shape index (κ1) is 18.7. The molecule has 0 N–H and O–H groups in total. The molecule has 0 amide bonds. The quantitative estimate of drug-likeness (QED) is 0.334. The summed E-state index contributed by atoms with van der Waals surface area (Å²) in [7, 11) is 0. The molecule has 1 unspecified atom stereocenters. The Labute approximate surface area is 138 Å². The van der Waals surface area contributed by atoms with E-state index in [1.807, 2.05) is 0 Å². The summed E-state index contributed by atoms with van der Waals surface area (Å²) in [5, 5.41) is 0. The van der Waals surface area contributed by atoms with Gasteiger partial charge in [-0.25, -0.2) is 0 Å². The van der Waals surface area contributed by atoms with E-state index in [9.17, 15) is 0 Å². The molecule has 1 rings (SSSR count). The van der Waals surface area contributed by atoms with Crippen molar-refractivity contribution in [3.05, 3.63) is 53.6 Å². The van der Waals surface area contributed by atoms with E-state index in [4.69, 9.17) is 0 Å². The van der Waals surface area contributed by atoms with Gasteiger partial charge in [-0.3, -0.25) is 0 Å². The van der Waals surface area contributed by atoms with Crippen molar-refractivity contribution < 1.29 is 0 Å². The maximum Gasteiger partial charge on any atom is -0.0190 e. The van der Waals surface area contributed by atoms with Crippen molar-refractivity contribution in [1.82, 2.24) is 0 Å². The standard InChI is InChI=1S/C22H34/c1-7-18(5)20(8-2)22(16-11-9-13-17(3)4)21-15-12-10-14-19(21)6/h8,10,12,14-15,17-18H,2,7,9,11,13,16H2,1,3-6H3/b22-20+. The molecule has 1 atom stereocenters. The normalized spacial score (nSPS) is 13.9. The lowest BCUT2D eigenvalue weighted by molar-refractivity contribution is 0.541. The second-order valence-electron chi connectivity index (χ2n) is 6.90. The van der Waals surface area contributed by atoms with Crippen molar-refractivity contribution in [2.75, 3.05) is 0 Å². The summed E-state index contributed by atoms with van der Waals surface area (Å²) in [5.41, 5.74) is 5.76.